The Labute approximate surface area is 164 Å². The van der Waals surface area contributed by atoms with Crippen molar-refractivity contribution in [2.75, 3.05) is 44.7 Å². The fourth-order valence-corrected chi connectivity index (χ4v) is 3.73. The first kappa shape index (κ1) is 18.2. The number of ether oxygens (including phenoxy) is 1. The molecule has 2 aromatic heterocycles. The topological polar surface area (TPSA) is 55.9 Å². The number of nitrogens with one attached hydrogen (secondary N) is 2. The lowest BCUT2D eigenvalue weighted by Crippen LogP contribution is -3.14. The van der Waals surface area contributed by atoms with E-state index in [2.05, 4.69) is 11.4 Å². The summed E-state index contributed by atoms with van der Waals surface area (Å²) in [5.41, 5.74) is 4.93. The van der Waals surface area contributed by atoms with Crippen molar-refractivity contribution >= 4 is 23.1 Å². The maximum Gasteiger partial charge on any atom is 0.165 e. The van der Waals surface area contributed by atoms with E-state index in [-0.39, 0.29) is 0 Å². The van der Waals surface area contributed by atoms with Crippen LogP contribution in [0.25, 0.3) is 16.8 Å². The fraction of sp³-hybridized carbons (Fsp3) is 0.400. The zero-order valence-corrected chi connectivity index (χ0v) is 16.5. The predicted octanol–water partition coefficient (Wildman–Crippen LogP) is 1.99. The molecule has 7 heteroatoms. The molecule has 0 spiro atoms. The minimum Gasteiger partial charge on any atom is -0.370 e. The van der Waals surface area contributed by atoms with Crippen molar-refractivity contribution in [3.63, 3.8) is 0 Å². The van der Waals surface area contributed by atoms with Crippen LogP contribution in [-0.4, -0.2) is 54.0 Å². The van der Waals surface area contributed by atoms with Crippen molar-refractivity contribution in [1.82, 2.24) is 14.6 Å². The highest BCUT2D eigenvalue weighted by atomic mass is 35.5. The van der Waals surface area contributed by atoms with Crippen LogP contribution in [0.3, 0.4) is 0 Å². The molecule has 142 valence electrons. The van der Waals surface area contributed by atoms with Gasteiger partial charge < -0.3 is 15.0 Å². The van der Waals surface area contributed by atoms with Gasteiger partial charge >= 0.3 is 0 Å². The Morgan fingerprint density at radius 3 is 2.67 bits per heavy atom. The maximum absolute atomic E-state index is 6.05. The molecule has 3 heterocycles. The van der Waals surface area contributed by atoms with Crippen LogP contribution in [0.15, 0.2) is 30.3 Å². The van der Waals surface area contributed by atoms with Gasteiger partial charge in [-0.3, -0.25) is 0 Å². The molecule has 6 nitrogen and oxygen atoms in total. The summed E-state index contributed by atoms with van der Waals surface area (Å²) in [6, 6.07) is 9.90. The molecule has 0 unspecified atom stereocenters. The van der Waals surface area contributed by atoms with E-state index in [9.17, 15) is 0 Å². The highest BCUT2D eigenvalue weighted by molar-refractivity contribution is 6.30. The van der Waals surface area contributed by atoms with Crippen molar-refractivity contribution in [3.05, 3.63) is 46.7 Å². The van der Waals surface area contributed by atoms with E-state index in [0.717, 1.165) is 78.4 Å². The second-order valence-corrected chi connectivity index (χ2v) is 7.46. The number of halogens is 1. The third kappa shape index (κ3) is 3.93. The number of quaternary nitrogens is 1. The van der Waals surface area contributed by atoms with Gasteiger partial charge in [0.2, 0.25) is 0 Å². The molecule has 0 amide bonds. The van der Waals surface area contributed by atoms with E-state index in [4.69, 9.17) is 26.4 Å². The van der Waals surface area contributed by atoms with Gasteiger partial charge in [-0.05, 0) is 31.5 Å². The molecule has 3 aromatic rings. The van der Waals surface area contributed by atoms with Crippen molar-refractivity contribution in [2.45, 2.75) is 13.8 Å². The molecule has 27 heavy (non-hydrogen) atoms. The number of hydrogen-bond donors (Lipinski definition) is 2. The Morgan fingerprint density at radius 2 is 1.93 bits per heavy atom. The first-order valence-electron chi connectivity index (χ1n) is 9.40. The Morgan fingerprint density at radius 1 is 1.19 bits per heavy atom. The average Bonchev–Trinajstić information content (AvgIpc) is 2.99. The lowest BCUT2D eigenvalue weighted by atomic mass is 10.1. The lowest BCUT2D eigenvalue weighted by molar-refractivity contribution is -0.906. The Balaban J connectivity index is 1.62. The van der Waals surface area contributed by atoms with Gasteiger partial charge in [-0.2, -0.15) is 9.61 Å². The smallest absolute Gasteiger partial charge is 0.165 e. The van der Waals surface area contributed by atoms with E-state index in [1.54, 1.807) is 4.90 Å². The van der Waals surface area contributed by atoms with Gasteiger partial charge in [0.15, 0.2) is 5.65 Å². The van der Waals surface area contributed by atoms with E-state index in [1.807, 2.05) is 42.6 Å². The molecule has 0 aliphatic carbocycles. The number of aromatic nitrogens is 3. The van der Waals surface area contributed by atoms with E-state index >= 15 is 0 Å². The molecule has 1 aliphatic rings. The first-order chi connectivity index (χ1) is 13.1. The van der Waals surface area contributed by atoms with Crippen molar-refractivity contribution in [2.24, 2.45) is 0 Å². The highest BCUT2D eigenvalue weighted by Crippen LogP contribution is 2.30. The first-order valence-corrected chi connectivity index (χ1v) is 9.78. The number of aryl methyl sites for hydroxylation is 2. The molecule has 0 saturated carbocycles. The van der Waals surface area contributed by atoms with Crippen LogP contribution >= 0.6 is 11.6 Å². The van der Waals surface area contributed by atoms with Crippen molar-refractivity contribution in [3.8, 4) is 11.1 Å². The molecular weight excluding hydrogens is 362 g/mol. The summed E-state index contributed by atoms with van der Waals surface area (Å²) in [5.74, 6) is 0.980. The van der Waals surface area contributed by atoms with Crippen LogP contribution in [-0.2, 0) is 4.74 Å². The zero-order valence-electron chi connectivity index (χ0n) is 15.8. The van der Waals surface area contributed by atoms with Crippen LogP contribution in [0.2, 0.25) is 5.02 Å². The van der Waals surface area contributed by atoms with Gasteiger partial charge in [0.05, 0.1) is 32.0 Å². The zero-order chi connectivity index (χ0) is 18.8. The van der Waals surface area contributed by atoms with Gasteiger partial charge in [0, 0.05) is 22.3 Å². The maximum atomic E-state index is 6.05. The SMILES string of the molecule is Cc1cc(NCC[NH+]2CCOCC2)n2nc(C)c(-c3ccc(Cl)cc3)c2n1. The Bertz CT molecular complexity index is 932. The van der Waals surface area contributed by atoms with Gasteiger partial charge in [-0.25, -0.2) is 4.98 Å². The molecule has 0 radical (unpaired) electrons. The number of nitrogens with zero attached hydrogens (tertiary/aromatic N) is 3. The normalized spacial score (nSPS) is 15.4. The molecule has 4 rings (SSSR count). The number of morpholine rings is 1. The Hall–Kier alpha value is -2.15. The average molecular weight is 387 g/mol. The highest BCUT2D eigenvalue weighted by Gasteiger charge is 2.17. The molecule has 1 saturated heterocycles. The number of anilines is 1. The van der Waals surface area contributed by atoms with Gasteiger partial charge in [-0.15, -0.1) is 0 Å². The largest absolute Gasteiger partial charge is 0.370 e. The summed E-state index contributed by atoms with van der Waals surface area (Å²) in [5, 5.41) is 9.03. The second-order valence-electron chi connectivity index (χ2n) is 7.02. The number of hydrogen-bond acceptors (Lipinski definition) is 4. The minimum atomic E-state index is 0.727. The monoisotopic (exact) mass is 386 g/mol. The molecular formula is C20H25ClN5O+. The second kappa shape index (κ2) is 7.84. The number of rotatable bonds is 5. The lowest BCUT2D eigenvalue weighted by Gasteiger charge is -2.23. The molecule has 0 atom stereocenters. The summed E-state index contributed by atoms with van der Waals surface area (Å²) in [6.45, 7) is 9.87. The van der Waals surface area contributed by atoms with E-state index < -0.39 is 0 Å². The van der Waals surface area contributed by atoms with E-state index in [0.29, 0.717) is 0 Å². The Kier molecular flexibility index (Phi) is 5.29. The molecule has 1 aromatic carbocycles. The summed E-state index contributed by atoms with van der Waals surface area (Å²) in [7, 11) is 0. The van der Waals surface area contributed by atoms with Gasteiger partial charge in [0.1, 0.15) is 18.9 Å². The van der Waals surface area contributed by atoms with Crippen LogP contribution in [0.4, 0.5) is 5.82 Å². The van der Waals surface area contributed by atoms with Crippen molar-refractivity contribution in [1.29, 1.82) is 0 Å². The molecule has 0 bridgehead atoms. The van der Waals surface area contributed by atoms with Crippen LogP contribution in [0.5, 0.6) is 0 Å². The van der Waals surface area contributed by atoms with Gasteiger partial charge in [0.25, 0.3) is 0 Å². The summed E-state index contributed by atoms with van der Waals surface area (Å²) in [4.78, 5) is 6.34. The molecule has 1 aliphatic heterocycles. The summed E-state index contributed by atoms with van der Waals surface area (Å²) < 4.78 is 7.35. The van der Waals surface area contributed by atoms with E-state index in [1.165, 1.54) is 0 Å². The van der Waals surface area contributed by atoms with Crippen LogP contribution in [0.1, 0.15) is 11.4 Å². The summed E-state index contributed by atoms with van der Waals surface area (Å²) in [6.07, 6.45) is 0. The minimum absolute atomic E-state index is 0.727. The third-order valence-electron chi connectivity index (χ3n) is 5.01. The third-order valence-corrected chi connectivity index (χ3v) is 5.26. The quantitative estimate of drug-likeness (QED) is 0.704. The standard InChI is InChI=1S/C20H24ClN5O/c1-14-13-18(22-7-8-25-9-11-27-12-10-25)26-20(23-14)19(15(2)24-26)16-3-5-17(21)6-4-16/h3-6,13,22H,7-12H2,1-2H3/p+1. The fourth-order valence-electron chi connectivity index (χ4n) is 3.60. The van der Waals surface area contributed by atoms with Crippen molar-refractivity contribution < 1.29 is 9.64 Å². The predicted molar refractivity (Wildman–Crippen MR) is 108 cm³/mol. The van der Waals surface area contributed by atoms with Gasteiger partial charge in [-0.1, -0.05) is 23.7 Å². The summed E-state index contributed by atoms with van der Waals surface area (Å²) >= 11 is 6.05. The number of benzene rings is 1. The van der Waals surface area contributed by atoms with Crippen LogP contribution in [0, 0.1) is 13.8 Å². The molecule has 1 fully saturated rings. The number of fused-ring (bicyclic) bond motifs is 1. The molecule has 2 N–H and O–H groups in total. The van der Waals surface area contributed by atoms with Crippen LogP contribution < -0.4 is 10.2 Å².